The monoisotopic (exact) mass is 214 g/mol. The second kappa shape index (κ2) is 4.22. The molecule has 0 N–H and O–H groups in total. The van der Waals surface area contributed by atoms with E-state index in [1.807, 2.05) is 19.9 Å². The number of hydrogen-bond acceptors (Lipinski definition) is 2. The highest BCUT2D eigenvalue weighted by atomic mass is 32.1. The third-order valence-electron chi connectivity index (χ3n) is 1.85. The lowest BCUT2D eigenvalue weighted by Crippen LogP contribution is -2.14. The molecule has 0 aliphatic heterocycles. The molecule has 0 radical (unpaired) electrons. The van der Waals surface area contributed by atoms with Crippen molar-refractivity contribution in [2.24, 2.45) is 0 Å². The largest absolute Gasteiger partial charge is 0.494 e. The first-order valence-electron chi connectivity index (χ1n) is 4.47. The van der Waals surface area contributed by atoms with Crippen molar-refractivity contribution in [3.8, 4) is 5.75 Å². The van der Waals surface area contributed by atoms with Gasteiger partial charge in [-0.1, -0.05) is 19.9 Å². The summed E-state index contributed by atoms with van der Waals surface area (Å²) in [5.41, 5.74) is 0.934. The van der Waals surface area contributed by atoms with Gasteiger partial charge in [0.2, 0.25) is 0 Å². The molecule has 78 valence electrons. The highest BCUT2D eigenvalue weighted by Gasteiger charge is 2.13. The fourth-order valence-corrected chi connectivity index (χ4v) is 1.50. The summed E-state index contributed by atoms with van der Waals surface area (Å²) in [5.74, 6) is -0.0340. The Labute approximate surface area is 89.7 Å². The maximum absolute atomic E-state index is 13.3. The first-order chi connectivity index (χ1) is 6.42. The van der Waals surface area contributed by atoms with Crippen molar-refractivity contribution >= 4 is 12.6 Å². The molecule has 3 heteroatoms. The molecule has 0 aliphatic carbocycles. The zero-order chi connectivity index (χ0) is 10.8. The van der Waals surface area contributed by atoms with Crippen LogP contribution in [0.15, 0.2) is 18.2 Å². The lowest BCUT2D eigenvalue weighted by atomic mass is 10.0. The summed E-state index contributed by atoms with van der Waals surface area (Å²) >= 11 is 4.40. The molecule has 0 aromatic heterocycles. The Kier molecular flexibility index (Phi) is 3.43. The molecule has 14 heavy (non-hydrogen) atoms. The molecule has 0 unspecified atom stereocenters. The first kappa shape index (κ1) is 11.4. The van der Waals surface area contributed by atoms with Crippen molar-refractivity contribution in [3.63, 3.8) is 0 Å². The Hall–Kier alpha value is -0.700. The number of methoxy groups -OCH3 is 1. The lowest BCUT2D eigenvalue weighted by Gasteiger charge is -2.17. The van der Waals surface area contributed by atoms with Crippen molar-refractivity contribution < 1.29 is 9.13 Å². The van der Waals surface area contributed by atoms with Crippen LogP contribution in [0.2, 0.25) is 0 Å². The Bertz CT molecular complexity index is 318. The van der Waals surface area contributed by atoms with Crippen molar-refractivity contribution in [1.29, 1.82) is 0 Å². The second-order valence-electron chi connectivity index (χ2n) is 3.96. The van der Waals surface area contributed by atoms with E-state index in [2.05, 4.69) is 12.6 Å². The maximum atomic E-state index is 13.3. The Morgan fingerprint density at radius 2 is 2.07 bits per heavy atom. The predicted molar refractivity (Wildman–Crippen MR) is 59.7 cm³/mol. The van der Waals surface area contributed by atoms with Gasteiger partial charge in [-0.05, 0) is 24.1 Å². The van der Waals surface area contributed by atoms with Crippen LogP contribution >= 0.6 is 12.6 Å². The number of ether oxygens (including phenoxy) is 1. The lowest BCUT2D eigenvalue weighted by molar-refractivity contribution is 0.386. The average molecular weight is 214 g/mol. The van der Waals surface area contributed by atoms with Gasteiger partial charge in [0.15, 0.2) is 11.6 Å². The van der Waals surface area contributed by atoms with Crippen molar-refractivity contribution in [2.75, 3.05) is 7.11 Å². The number of hydrogen-bond donors (Lipinski definition) is 1. The van der Waals surface area contributed by atoms with Crippen LogP contribution in [0.5, 0.6) is 5.75 Å². The third kappa shape index (κ3) is 3.22. The van der Waals surface area contributed by atoms with Crippen LogP contribution in [0.1, 0.15) is 19.4 Å². The van der Waals surface area contributed by atoms with E-state index in [9.17, 15) is 4.39 Å². The highest BCUT2D eigenvalue weighted by Crippen LogP contribution is 2.23. The van der Waals surface area contributed by atoms with Crippen LogP contribution in [-0.2, 0) is 6.42 Å². The van der Waals surface area contributed by atoms with E-state index in [0.717, 1.165) is 12.0 Å². The fourth-order valence-electron chi connectivity index (χ4n) is 1.32. The second-order valence-corrected chi connectivity index (χ2v) is 5.17. The molecule has 0 spiro atoms. The Morgan fingerprint density at radius 3 is 2.50 bits per heavy atom. The zero-order valence-electron chi connectivity index (χ0n) is 8.67. The molecule has 1 aromatic carbocycles. The molecule has 1 nitrogen and oxygen atoms in total. The van der Waals surface area contributed by atoms with Gasteiger partial charge in [0, 0.05) is 4.75 Å². The van der Waals surface area contributed by atoms with Gasteiger partial charge in [0.25, 0.3) is 0 Å². The van der Waals surface area contributed by atoms with Gasteiger partial charge in [-0.3, -0.25) is 0 Å². The van der Waals surface area contributed by atoms with Crippen LogP contribution in [0.4, 0.5) is 4.39 Å². The summed E-state index contributed by atoms with van der Waals surface area (Å²) < 4.78 is 18.0. The summed E-state index contributed by atoms with van der Waals surface area (Å²) in [4.78, 5) is 0. The fraction of sp³-hybridized carbons (Fsp3) is 0.455. The van der Waals surface area contributed by atoms with Gasteiger partial charge in [0.1, 0.15) is 0 Å². The van der Waals surface area contributed by atoms with Crippen molar-refractivity contribution in [2.45, 2.75) is 25.0 Å². The summed E-state index contributed by atoms with van der Waals surface area (Å²) in [6.45, 7) is 4.00. The summed E-state index contributed by atoms with van der Waals surface area (Å²) in [6.07, 6.45) is 0.733. The minimum Gasteiger partial charge on any atom is -0.494 e. The number of halogens is 1. The van der Waals surface area contributed by atoms with Gasteiger partial charge in [-0.2, -0.15) is 12.6 Å². The van der Waals surface area contributed by atoms with Crippen LogP contribution < -0.4 is 4.74 Å². The number of rotatable bonds is 3. The van der Waals surface area contributed by atoms with Crippen LogP contribution in [0, 0.1) is 5.82 Å². The van der Waals surface area contributed by atoms with E-state index in [1.54, 1.807) is 6.07 Å². The minimum absolute atomic E-state index is 0.124. The van der Waals surface area contributed by atoms with E-state index in [-0.39, 0.29) is 16.3 Å². The predicted octanol–water partition coefficient (Wildman–Crippen LogP) is 3.09. The summed E-state index contributed by atoms with van der Waals surface area (Å²) in [7, 11) is 1.46. The van der Waals surface area contributed by atoms with Crippen LogP contribution in [0.25, 0.3) is 0 Å². The molecule has 0 amide bonds. The number of thiol groups is 1. The molecule has 0 saturated carbocycles. The molecule has 0 saturated heterocycles. The smallest absolute Gasteiger partial charge is 0.165 e. The topological polar surface area (TPSA) is 9.23 Å². The highest BCUT2D eigenvalue weighted by molar-refractivity contribution is 7.81. The van der Waals surface area contributed by atoms with E-state index < -0.39 is 0 Å². The molecule has 0 bridgehead atoms. The molecule has 0 fully saturated rings. The zero-order valence-corrected chi connectivity index (χ0v) is 9.57. The van der Waals surface area contributed by atoms with Crippen LogP contribution in [-0.4, -0.2) is 11.9 Å². The van der Waals surface area contributed by atoms with Gasteiger partial charge in [-0.25, -0.2) is 4.39 Å². The Balaban J connectivity index is 2.87. The van der Waals surface area contributed by atoms with Gasteiger partial charge in [0.05, 0.1) is 7.11 Å². The van der Waals surface area contributed by atoms with Gasteiger partial charge >= 0.3 is 0 Å². The van der Waals surface area contributed by atoms with Crippen molar-refractivity contribution in [3.05, 3.63) is 29.6 Å². The molecule has 0 atom stereocenters. The Morgan fingerprint density at radius 1 is 1.43 bits per heavy atom. The van der Waals surface area contributed by atoms with Gasteiger partial charge in [-0.15, -0.1) is 0 Å². The normalized spacial score (nSPS) is 11.5. The third-order valence-corrected chi connectivity index (χ3v) is 2.01. The quantitative estimate of drug-likeness (QED) is 0.761. The minimum atomic E-state index is -0.317. The van der Waals surface area contributed by atoms with E-state index >= 15 is 0 Å². The molecule has 1 rings (SSSR count). The van der Waals surface area contributed by atoms with E-state index in [1.165, 1.54) is 13.2 Å². The summed E-state index contributed by atoms with van der Waals surface area (Å²) in [6, 6.07) is 5.00. The standard InChI is InChI=1S/C11H15FOS/c1-11(2,14)7-8-4-5-10(13-3)9(12)6-8/h4-6,14H,7H2,1-3H3. The van der Waals surface area contributed by atoms with Gasteiger partial charge < -0.3 is 4.74 Å². The number of benzene rings is 1. The average Bonchev–Trinajstić information content (AvgIpc) is 2.01. The molecular weight excluding hydrogens is 199 g/mol. The first-order valence-corrected chi connectivity index (χ1v) is 4.92. The molecule has 1 aromatic rings. The molecule has 0 heterocycles. The maximum Gasteiger partial charge on any atom is 0.165 e. The van der Waals surface area contributed by atoms with E-state index in [4.69, 9.17) is 4.74 Å². The SMILES string of the molecule is COc1ccc(CC(C)(C)S)cc1F. The summed E-state index contributed by atoms with van der Waals surface area (Å²) in [5, 5.41) is 0. The van der Waals surface area contributed by atoms with Crippen molar-refractivity contribution in [1.82, 2.24) is 0 Å². The van der Waals surface area contributed by atoms with Crippen LogP contribution in [0.3, 0.4) is 0 Å². The molecular formula is C11H15FOS. The molecule has 0 aliphatic rings. The van der Waals surface area contributed by atoms with E-state index in [0.29, 0.717) is 0 Å².